The summed E-state index contributed by atoms with van der Waals surface area (Å²) in [5, 5.41) is 2.82. The largest absolute Gasteiger partial charge is 0.352 e. The Labute approximate surface area is 107 Å². The molecule has 0 heterocycles. The molecule has 0 aliphatic rings. The summed E-state index contributed by atoms with van der Waals surface area (Å²) in [6, 6.07) is 8.40. The molecule has 0 bridgehead atoms. The molecule has 1 rings (SSSR count). The molecule has 92 valence electrons. The van der Waals surface area contributed by atoms with Crippen LogP contribution in [0.5, 0.6) is 0 Å². The van der Waals surface area contributed by atoms with Crippen molar-refractivity contribution >= 4 is 17.7 Å². The maximum Gasteiger partial charge on any atom is 0.230 e. The van der Waals surface area contributed by atoms with E-state index in [1.807, 2.05) is 6.92 Å². The fourth-order valence-electron chi connectivity index (χ4n) is 1.25. The fourth-order valence-corrected chi connectivity index (χ4v) is 2.06. The number of carbonyl (C=O) groups excluding carboxylic acids is 1. The highest BCUT2D eigenvalue weighted by Crippen LogP contribution is 2.12. The summed E-state index contributed by atoms with van der Waals surface area (Å²) in [4.78, 5) is 11.4. The van der Waals surface area contributed by atoms with Crippen molar-refractivity contribution < 1.29 is 4.79 Å². The second-order valence-electron chi connectivity index (χ2n) is 4.21. The summed E-state index contributed by atoms with van der Waals surface area (Å²) in [5.74, 6) is 1.45. The normalized spacial score (nSPS) is 10.0. The van der Waals surface area contributed by atoms with Gasteiger partial charge in [-0.2, -0.15) is 0 Å². The Bertz CT molecular complexity index is 384. The van der Waals surface area contributed by atoms with Crippen LogP contribution in [0.4, 0.5) is 0 Å². The molecule has 1 aromatic carbocycles. The molecule has 0 fully saturated rings. The smallest absolute Gasteiger partial charge is 0.230 e. The summed E-state index contributed by atoms with van der Waals surface area (Å²) < 4.78 is 0. The predicted molar refractivity (Wildman–Crippen MR) is 75.2 cm³/mol. The molecule has 3 heteroatoms. The minimum absolute atomic E-state index is 0.0742. The molecule has 1 aromatic rings. The number of hydrogen-bond donors (Lipinski definition) is 1. The molecule has 0 unspecified atom stereocenters. The molecule has 0 aliphatic carbocycles. The Balaban J connectivity index is 2.21. The predicted octanol–water partition coefficient (Wildman–Crippen LogP) is 2.92. The van der Waals surface area contributed by atoms with Crippen LogP contribution in [0.25, 0.3) is 0 Å². The molecule has 17 heavy (non-hydrogen) atoms. The van der Waals surface area contributed by atoms with Gasteiger partial charge >= 0.3 is 0 Å². The number of rotatable bonds is 6. The highest BCUT2D eigenvalue weighted by molar-refractivity contribution is 7.99. The number of amides is 1. The van der Waals surface area contributed by atoms with E-state index in [9.17, 15) is 4.79 Å². The third kappa shape index (κ3) is 6.17. The first kappa shape index (κ1) is 13.8. The van der Waals surface area contributed by atoms with Crippen LogP contribution in [-0.2, 0) is 10.5 Å². The number of benzene rings is 1. The van der Waals surface area contributed by atoms with Crippen LogP contribution >= 0.6 is 11.8 Å². The summed E-state index contributed by atoms with van der Waals surface area (Å²) >= 11 is 1.63. The van der Waals surface area contributed by atoms with E-state index in [1.54, 1.807) is 11.8 Å². The van der Waals surface area contributed by atoms with E-state index in [2.05, 4.69) is 43.1 Å². The van der Waals surface area contributed by atoms with Crippen LogP contribution in [-0.4, -0.2) is 18.2 Å². The van der Waals surface area contributed by atoms with Gasteiger partial charge in [0.1, 0.15) is 0 Å². The van der Waals surface area contributed by atoms with E-state index in [0.717, 1.165) is 11.3 Å². The van der Waals surface area contributed by atoms with Gasteiger partial charge in [0.2, 0.25) is 5.91 Å². The molecule has 1 N–H and O–H groups in total. The van der Waals surface area contributed by atoms with Gasteiger partial charge in [0.05, 0.1) is 5.75 Å². The summed E-state index contributed by atoms with van der Waals surface area (Å²) in [7, 11) is 0. The number of thioether (sulfide) groups is 1. The van der Waals surface area contributed by atoms with Gasteiger partial charge in [-0.3, -0.25) is 4.79 Å². The lowest BCUT2D eigenvalue weighted by Gasteiger charge is -2.05. The first-order chi connectivity index (χ1) is 8.08. The van der Waals surface area contributed by atoms with E-state index in [-0.39, 0.29) is 5.91 Å². The minimum Gasteiger partial charge on any atom is -0.352 e. The van der Waals surface area contributed by atoms with Crippen LogP contribution in [0.3, 0.4) is 0 Å². The van der Waals surface area contributed by atoms with Crippen LogP contribution in [0.2, 0.25) is 0 Å². The van der Waals surface area contributed by atoms with Gasteiger partial charge in [0, 0.05) is 12.3 Å². The Morgan fingerprint density at radius 1 is 1.35 bits per heavy atom. The van der Waals surface area contributed by atoms with Gasteiger partial charge in [-0.25, -0.2) is 0 Å². The van der Waals surface area contributed by atoms with Crippen molar-refractivity contribution in [2.24, 2.45) is 0 Å². The Morgan fingerprint density at radius 2 is 2.00 bits per heavy atom. The molecule has 0 aromatic heterocycles. The van der Waals surface area contributed by atoms with E-state index in [0.29, 0.717) is 12.3 Å². The van der Waals surface area contributed by atoms with Crippen LogP contribution in [0.15, 0.2) is 36.4 Å². The third-order valence-electron chi connectivity index (χ3n) is 2.21. The van der Waals surface area contributed by atoms with Gasteiger partial charge < -0.3 is 5.32 Å². The summed E-state index contributed by atoms with van der Waals surface area (Å²) in [6.07, 6.45) is 0. The maximum absolute atomic E-state index is 11.4. The van der Waals surface area contributed by atoms with Crippen molar-refractivity contribution in [2.45, 2.75) is 19.6 Å². The molecular formula is C14H19NOS. The molecule has 0 saturated heterocycles. The highest BCUT2D eigenvalue weighted by atomic mass is 32.2. The zero-order valence-corrected chi connectivity index (χ0v) is 11.3. The zero-order chi connectivity index (χ0) is 12.7. The van der Waals surface area contributed by atoms with Crippen molar-refractivity contribution in [3.8, 4) is 0 Å². The van der Waals surface area contributed by atoms with Crippen molar-refractivity contribution in [3.63, 3.8) is 0 Å². The fraction of sp³-hybridized carbons (Fsp3) is 0.357. The van der Waals surface area contributed by atoms with Crippen molar-refractivity contribution in [2.75, 3.05) is 12.3 Å². The van der Waals surface area contributed by atoms with Crippen LogP contribution in [0, 0.1) is 6.92 Å². The number of nitrogens with one attached hydrogen (secondary N) is 1. The molecule has 0 atom stereocenters. The van der Waals surface area contributed by atoms with Crippen molar-refractivity contribution in [1.82, 2.24) is 5.32 Å². The van der Waals surface area contributed by atoms with Gasteiger partial charge in [0.25, 0.3) is 0 Å². The third-order valence-corrected chi connectivity index (χ3v) is 3.21. The van der Waals surface area contributed by atoms with E-state index < -0.39 is 0 Å². The highest BCUT2D eigenvalue weighted by Gasteiger charge is 2.01. The van der Waals surface area contributed by atoms with Gasteiger partial charge in [-0.1, -0.05) is 42.0 Å². The van der Waals surface area contributed by atoms with Crippen LogP contribution < -0.4 is 5.32 Å². The topological polar surface area (TPSA) is 29.1 Å². The first-order valence-electron chi connectivity index (χ1n) is 5.62. The second kappa shape index (κ2) is 7.17. The second-order valence-corrected chi connectivity index (χ2v) is 5.20. The number of aryl methyl sites for hydroxylation is 1. The molecule has 0 radical (unpaired) electrons. The Morgan fingerprint density at radius 3 is 2.59 bits per heavy atom. The Hall–Kier alpha value is -1.22. The summed E-state index contributed by atoms with van der Waals surface area (Å²) in [5.41, 5.74) is 3.49. The monoisotopic (exact) mass is 249 g/mol. The maximum atomic E-state index is 11.4. The molecule has 2 nitrogen and oxygen atoms in total. The molecule has 0 aliphatic heterocycles. The van der Waals surface area contributed by atoms with Gasteiger partial charge in [0.15, 0.2) is 0 Å². The SMILES string of the molecule is C=C(C)CNC(=O)CSCc1ccc(C)cc1. The zero-order valence-electron chi connectivity index (χ0n) is 10.5. The average Bonchev–Trinajstić information content (AvgIpc) is 2.29. The Kier molecular flexibility index (Phi) is 5.84. The van der Waals surface area contributed by atoms with Crippen molar-refractivity contribution in [1.29, 1.82) is 0 Å². The number of hydrogen-bond acceptors (Lipinski definition) is 2. The standard InChI is InChI=1S/C14H19NOS/c1-11(2)8-15-14(16)10-17-9-13-6-4-12(3)5-7-13/h4-7H,1,8-10H2,2-3H3,(H,15,16). The van der Waals surface area contributed by atoms with E-state index in [4.69, 9.17) is 0 Å². The lowest BCUT2D eigenvalue weighted by Crippen LogP contribution is -2.26. The molecular weight excluding hydrogens is 230 g/mol. The lowest BCUT2D eigenvalue weighted by atomic mass is 10.2. The minimum atomic E-state index is 0.0742. The molecule has 0 spiro atoms. The lowest BCUT2D eigenvalue weighted by molar-refractivity contribution is -0.118. The number of carbonyl (C=O) groups is 1. The van der Waals surface area contributed by atoms with Crippen molar-refractivity contribution in [3.05, 3.63) is 47.5 Å². The van der Waals surface area contributed by atoms with E-state index in [1.165, 1.54) is 11.1 Å². The molecule has 0 saturated carbocycles. The van der Waals surface area contributed by atoms with Crippen LogP contribution in [0.1, 0.15) is 18.1 Å². The molecule has 1 amide bonds. The first-order valence-corrected chi connectivity index (χ1v) is 6.78. The average molecular weight is 249 g/mol. The summed E-state index contributed by atoms with van der Waals surface area (Å²) in [6.45, 7) is 8.29. The van der Waals surface area contributed by atoms with Gasteiger partial charge in [-0.15, -0.1) is 11.8 Å². The van der Waals surface area contributed by atoms with E-state index >= 15 is 0 Å². The quantitative estimate of drug-likeness (QED) is 0.785. The van der Waals surface area contributed by atoms with Gasteiger partial charge in [-0.05, 0) is 19.4 Å².